The van der Waals surface area contributed by atoms with Gasteiger partial charge in [-0.15, -0.1) is 0 Å². The van der Waals surface area contributed by atoms with Crippen molar-refractivity contribution in [3.63, 3.8) is 0 Å². The molecular formula is C15H20N4OS. The number of thioether (sulfide) groups is 1. The summed E-state index contributed by atoms with van der Waals surface area (Å²) in [6, 6.07) is 5.60. The normalized spacial score (nSPS) is 13.0. The second-order valence-corrected chi connectivity index (χ2v) is 6.82. The number of nitrogens with zero attached hydrogens (tertiary/aromatic N) is 2. The van der Waals surface area contributed by atoms with E-state index in [2.05, 4.69) is 41.3 Å². The zero-order valence-electron chi connectivity index (χ0n) is 12.7. The molecule has 0 bridgehead atoms. The van der Waals surface area contributed by atoms with Crippen LogP contribution in [0.15, 0.2) is 30.6 Å². The van der Waals surface area contributed by atoms with Gasteiger partial charge in [0, 0.05) is 24.0 Å². The third kappa shape index (κ3) is 3.85. The van der Waals surface area contributed by atoms with Crippen molar-refractivity contribution in [3.8, 4) is 11.3 Å². The molecule has 6 heteroatoms. The van der Waals surface area contributed by atoms with Crippen molar-refractivity contribution in [1.82, 2.24) is 15.2 Å². The van der Waals surface area contributed by atoms with E-state index in [0.29, 0.717) is 5.82 Å². The number of H-pyrrole nitrogens is 1. The Morgan fingerprint density at radius 1 is 1.33 bits per heavy atom. The van der Waals surface area contributed by atoms with Gasteiger partial charge in [0.05, 0.1) is 10.9 Å². The van der Waals surface area contributed by atoms with Crippen molar-refractivity contribution in [2.24, 2.45) is 5.41 Å². The highest BCUT2D eigenvalue weighted by molar-refractivity contribution is 8.00. The number of carbonyl (C=O) groups is 1. The molecule has 0 aromatic carbocycles. The first-order valence-corrected chi connectivity index (χ1v) is 8.00. The molecule has 1 unspecified atom stereocenters. The molecule has 0 saturated carbocycles. The predicted molar refractivity (Wildman–Crippen MR) is 87.2 cm³/mol. The Morgan fingerprint density at radius 2 is 2.00 bits per heavy atom. The van der Waals surface area contributed by atoms with E-state index in [1.807, 2.05) is 24.5 Å². The molecule has 1 atom stereocenters. The van der Waals surface area contributed by atoms with Gasteiger partial charge < -0.3 is 5.32 Å². The number of pyridine rings is 1. The molecule has 2 N–H and O–H groups in total. The van der Waals surface area contributed by atoms with E-state index >= 15 is 0 Å². The summed E-state index contributed by atoms with van der Waals surface area (Å²) in [6.45, 7) is 6.17. The van der Waals surface area contributed by atoms with Crippen molar-refractivity contribution < 1.29 is 4.79 Å². The minimum Gasteiger partial charge on any atom is -0.308 e. The van der Waals surface area contributed by atoms with E-state index in [0.717, 1.165) is 11.3 Å². The minimum absolute atomic E-state index is 0.0252. The fourth-order valence-corrected chi connectivity index (χ4v) is 3.09. The first-order chi connectivity index (χ1) is 9.91. The summed E-state index contributed by atoms with van der Waals surface area (Å²) in [5, 5.41) is 9.81. The highest BCUT2D eigenvalue weighted by atomic mass is 32.2. The van der Waals surface area contributed by atoms with Crippen LogP contribution in [0.4, 0.5) is 5.82 Å². The molecule has 21 heavy (non-hydrogen) atoms. The Kier molecular flexibility index (Phi) is 4.67. The van der Waals surface area contributed by atoms with Crippen LogP contribution in [0.1, 0.15) is 20.8 Å². The molecule has 0 spiro atoms. The summed E-state index contributed by atoms with van der Waals surface area (Å²) in [6.07, 6.45) is 5.39. The van der Waals surface area contributed by atoms with Crippen molar-refractivity contribution in [3.05, 3.63) is 30.6 Å². The standard InChI is InChI=1S/C15H20N4OS/c1-15(2,3)13(21-4)14(20)17-12-9-11(18-19-12)10-5-7-16-8-6-10/h5-9,13H,1-4H3,(H2,17,18,19,20). The third-order valence-corrected chi connectivity index (χ3v) is 4.47. The molecule has 0 saturated heterocycles. The van der Waals surface area contributed by atoms with Crippen LogP contribution >= 0.6 is 11.8 Å². The van der Waals surface area contributed by atoms with Gasteiger partial charge in [-0.1, -0.05) is 20.8 Å². The fraction of sp³-hybridized carbons (Fsp3) is 0.400. The van der Waals surface area contributed by atoms with E-state index in [1.54, 1.807) is 24.2 Å². The molecule has 5 nitrogen and oxygen atoms in total. The molecule has 0 aliphatic carbocycles. The van der Waals surface area contributed by atoms with Gasteiger partial charge in [-0.2, -0.15) is 16.9 Å². The Morgan fingerprint density at radius 3 is 2.57 bits per heavy atom. The molecule has 2 rings (SSSR count). The van der Waals surface area contributed by atoms with Gasteiger partial charge >= 0.3 is 0 Å². The molecule has 0 fully saturated rings. The Labute approximate surface area is 128 Å². The number of aromatic nitrogens is 3. The lowest BCUT2D eigenvalue weighted by molar-refractivity contribution is -0.117. The zero-order valence-corrected chi connectivity index (χ0v) is 13.5. The Bertz CT molecular complexity index is 604. The number of hydrogen-bond donors (Lipinski definition) is 2. The number of rotatable bonds is 4. The van der Waals surface area contributed by atoms with E-state index in [9.17, 15) is 4.79 Å². The highest BCUT2D eigenvalue weighted by Crippen LogP contribution is 2.30. The van der Waals surface area contributed by atoms with Crippen molar-refractivity contribution >= 4 is 23.5 Å². The van der Waals surface area contributed by atoms with Crippen molar-refractivity contribution in [1.29, 1.82) is 0 Å². The smallest absolute Gasteiger partial charge is 0.239 e. The lowest BCUT2D eigenvalue weighted by Crippen LogP contribution is -2.35. The van der Waals surface area contributed by atoms with Crippen LogP contribution in [0, 0.1) is 5.41 Å². The van der Waals surface area contributed by atoms with Gasteiger partial charge in [-0.3, -0.25) is 14.9 Å². The molecule has 2 aromatic rings. The first kappa shape index (κ1) is 15.6. The second-order valence-electron chi connectivity index (χ2n) is 5.87. The van der Waals surface area contributed by atoms with Gasteiger partial charge in [0.15, 0.2) is 5.82 Å². The monoisotopic (exact) mass is 304 g/mol. The maximum Gasteiger partial charge on any atom is 0.239 e. The number of amides is 1. The fourth-order valence-electron chi connectivity index (χ4n) is 2.11. The second kappa shape index (κ2) is 6.30. The quantitative estimate of drug-likeness (QED) is 0.910. The maximum absolute atomic E-state index is 12.3. The van der Waals surface area contributed by atoms with E-state index in [4.69, 9.17) is 0 Å². The lowest BCUT2D eigenvalue weighted by atomic mass is 9.91. The Hall–Kier alpha value is -1.82. The summed E-state index contributed by atoms with van der Waals surface area (Å²) >= 11 is 1.55. The molecule has 1 amide bonds. The van der Waals surface area contributed by atoms with E-state index in [1.165, 1.54) is 0 Å². The largest absolute Gasteiger partial charge is 0.308 e. The van der Waals surface area contributed by atoms with Crippen LogP contribution in [-0.2, 0) is 4.79 Å². The summed E-state index contributed by atoms with van der Waals surface area (Å²) in [5.74, 6) is 0.512. The third-order valence-electron chi connectivity index (χ3n) is 3.08. The molecule has 0 radical (unpaired) electrons. The molecule has 0 aliphatic rings. The molecule has 0 aliphatic heterocycles. The predicted octanol–water partition coefficient (Wildman–Crippen LogP) is 3.19. The number of nitrogens with one attached hydrogen (secondary N) is 2. The van der Waals surface area contributed by atoms with E-state index in [-0.39, 0.29) is 16.6 Å². The number of hydrogen-bond acceptors (Lipinski definition) is 4. The van der Waals surface area contributed by atoms with Crippen LogP contribution in [-0.4, -0.2) is 32.6 Å². The summed E-state index contributed by atoms with van der Waals surface area (Å²) in [4.78, 5) is 16.3. The van der Waals surface area contributed by atoms with Crippen LogP contribution in [0.25, 0.3) is 11.3 Å². The number of aromatic amines is 1. The Balaban J connectivity index is 2.11. The van der Waals surface area contributed by atoms with Crippen LogP contribution in [0.5, 0.6) is 0 Å². The van der Waals surface area contributed by atoms with Crippen molar-refractivity contribution in [2.45, 2.75) is 26.0 Å². The minimum atomic E-state index is -0.126. The summed E-state index contributed by atoms with van der Waals surface area (Å²) < 4.78 is 0. The maximum atomic E-state index is 12.3. The van der Waals surface area contributed by atoms with Gasteiger partial charge in [0.25, 0.3) is 0 Å². The van der Waals surface area contributed by atoms with Gasteiger partial charge in [-0.05, 0) is 23.8 Å². The number of carbonyl (C=O) groups excluding carboxylic acids is 1. The SMILES string of the molecule is CSC(C(=O)Nc1cc(-c2ccncc2)[nH]n1)C(C)(C)C. The zero-order chi connectivity index (χ0) is 15.5. The molecule has 112 valence electrons. The van der Waals surface area contributed by atoms with Gasteiger partial charge in [0.2, 0.25) is 5.91 Å². The van der Waals surface area contributed by atoms with Crippen LogP contribution < -0.4 is 5.32 Å². The van der Waals surface area contributed by atoms with Crippen LogP contribution in [0.2, 0.25) is 0 Å². The average molecular weight is 304 g/mol. The average Bonchev–Trinajstić information content (AvgIpc) is 2.87. The van der Waals surface area contributed by atoms with Gasteiger partial charge in [0.1, 0.15) is 0 Å². The van der Waals surface area contributed by atoms with Crippen molar-refractivity contribution in [2.75, 3.05) is 11.6 Å². The molecule has 2 aromatic heterocycles. The highest BCUT2D eigenvalue weighted by Gasteiger charge is 2.30. The van der Waals surface area contributed by atoms with Crippen LogP contribution in [0.3, 0.4) is 0 Å². The summed E-state index contributed by atoms with van der Waals surface area (Å²) in [7, 11) is 0. The first-order valence-electron chi connectivity index (χ1n) is 6.71. The summed E-state index contributed by atoms with van der Waals surface area (Å²) in [5.41, 5.74) is 1.73. The van der Waals surface area contributed by atoms with E-state index < -0.39 is 0 Å². The van der Waals surface area contributed by atoms with Gasteiger partial charge in [-0.25, -0.2) is 0 Å². The topological polar surface area (TPSA) is 70.7 Å². The molecule has 2 heterocycles. The lowest BCUT2D eigenvalue weighted by Gasteiger charge is -2.27. The number of anilines is 1. The molecular weight excluding hydrogens is 284 g/mol.